The molecule has 0 fully saturated rings. The van der Waals surface area contributed by atoms with Crippen molar-refractivity contribution in [2.75, 3.05) is 11.9 Å². The fourth-order valence-electron chi connectivity index (χ4n) is 2.02. The highest BCUT2D eigenvalue weighted by Crippen LogP contribution is 2.46. The van der Waals surface area contributed by atoms with E-state index in [1.807, 2.05) is 0 Å². The average molecular weight is 252 g/mol. The molecule has 2 rings (SSSR count). The van der Waals surface area contributed by atoms with Crippen LogP contribution in [0.3, 0.4) is 0 Å². The smallest absolute Gasteiger partial charge is 0.0448 e. The number of hydrogen-bond acceptors (Lipinski definition) is 1. The van der Waals surface area contributed by atoms with Crippen LogP contribution in [0.15, 0.2) is 34.9 Å². The predicted molar refractivity (Wildman–Crippen MR) is 64.7 cm³/mol. The minimum atomic E-state index is 0.0495. The minimum absolute atomic E-state index is 0.0495. The van der Waals surface area contributed by atoms with Crippen molar-refractivity contribution < 1.29 is 0 Å². The zero-order valence-electron chi connectivity index (χ0n) is 8.76. The maximum atomic E-state index is 4.14. The molecule has 1 aromatic rings. The van der Waals surface area contributed by atoms with E-state index in [9.17, 15) is 0 Å². The van der Waals surface area contributed by atoms with Crippen LogP contribution in [0, 0.1) is 0 Å². The van der Waals surface area contributed by atoms with Crippen molar-refractivity contribution in [2.45, 2.75) is 19.3 Å². The van der Waals surface area contributed by atoms with Crippen LogP contribution in [0.2, 0.25) is 0 Å². The van der Waals surface area contributed by atoms with Crippen molar-refractivity contribution in [1.29, 1.82) is 0 Å². The monoisotopic (exact) mass is 251 g/mol. The number of halogens is 1. The number of benzene rings is 1. The highest BCUT2D eigenvalue weighted by Gasteiger charge is 2.36. The number of rotatable bonds is 0. The van der Waals surface area contributed by atoms with Crippen LogP contribution in [-0.4, -0.2) is 7.05 Å². The normalized spacial score (nSPS) is 18.6. The SMILES string of the molecule is C=C1N(C)c2ccc(Br)cc2C1(C)C. The summed E-state index contributed by atoms with van der Waals surface area (Å²) < 4.78 is 1.13. The molecule has 1 nitrogen and oxygen atoms in total. The first-order valence-electron chi connectivity index (χ1n) is 4.67. The van der Waals surface area contributed by atoms with E-state index in [1.165, 1.54) is 11.3 Å². The van der Waals surface area contributed by atoms with Gasteiger partial charge < -0.3 is 4.90 Å². The largest absolute Gasteiger partial charge is 0.348 e. The van der Waals surface area contributed by atoms with E-state index in [0.717, 1.165) is 10.2 Å². The molecule has 0 unspecified atom stereocenters. The second kappa shape index (κ2) is 2.86. The first-order valence-corrected chi connectivity index (χ1v) is 5.47. The number of hydrogen-bond donors (Lipinski definition) is 0. The van der Waals surface area contributed by atoms with Gasteiger partial charge in [0.05, 0.1) is 0 Å². The van der Waals surface area contributed by atoms with Gasteiger partial charge in [-0.3, -0.25) is 0 Å². The fourth-order valence-corrected chi connectivity index (χ4v) is 2.38. The zero-order chi connectivity index (χ0) is 10.5. The Morgan fingerprint density at radius 2 is 2.00 bits per heavy atom. The lowest BCUT2D eigenvalue weighted by atomic mass is 9.85. The van der Waals surface area contributed by atoms with Crippen molar-refractivity contribution in [2.24, 2.45) is 0 Å². The third-order valence-corrected chi connectivity index (χ3v) is 3.61. The molecule has 1 heterocycles. The first-order chi connectivity index (χ1) is 6.44. The number of allylic oxidation sites excluding steroid dienone is 1. The fraction of sp³-hybridized carbons (Fsp3) is 0.333. The summed E-state index contributed by atoms with van der Waals surface area (Å²) in [6.45, 7) is 8.57. The van der Waals surface area contributed by atoms with E-state index in [1.54, 1.807) is 0 Å². The zero-order valence-corrected chi connectivity index (χ0v) is 10.4. The van der Waals surface area contributed by atoms with Gasteiger partial charge in [0, 0.05) is 28.3 Å². The molecule has 0 aliphatic carbocycles. The molecule has 0 saturated carbocycles. The summed E-state index contributed by atoms with van der Waals surface area (Å²) in [5.74, 6) is 0. The molecule has 0 aromatic heterocycles. The van der Waals surface area contributed by atoms with Crippen molar-refractivity contribution in [1.82, 2.24) is 0 Å². The number of nitrogens with zero attached hydrogens (tertiary/aromatic N) is 1. The van der Waals surface area contributed by atoms with E-state index >= 15 is 0 Å². The molecule has 1 aromatic carbocycles. The maximum absolute atomic E-state index is 4.14. The quantitative estimate of drug-likeness (QED) is 0.680. The molecule has 74 valence electrons. The Kier molecular flexibility index (Phi) is 2.00. The van der Waals surface area contributed by atoms with E-state index in [0.29, 0.717) is 0 Å². The number of anilines is 1. The third kappa shape index (κ3) is 1.13. The summed E-state index contributed by atoms with van der Waals surface area (Å²) in [4.78, 5) is 2.17. The molecule has 0 N–H and O–H groups in total. The lowest BCUT2D eigenvalue weighted by Crippen LogP contribution is -2.21. The summed E-state index contributed by atoms with van der Waals surface area (Å²) >= 11 is 3.51. The van der Waals surface area contributed by atoms with E-state index in [2.05, 4.69) is 66.5 Å². The van der Waals surface area contributed by atoms with Gasteiger partial charge in [-0.15, -0.1) is 0 Å². The van der Waals surface area contributed by atoms with Gasteiger partial charge >= 0.3 is 0 Å². The Hall–Kier alpha value is -0.760. The van der Waals surface area contributed by atoms with Crippen LogP contribution < -0.4 is 4.90 Å². The second-order valence-electron chi connectivity index (χ2n) is 4.29. The first kappa shape index (κ1) is 9.78. The van der Waals surface area contributed by atoms with E-state index in [4.69, 9.17) is 0 Å². The highest BCUT2D eigenvalue weighted by molar-refractivity contribution is 9.10. The Labute approximate surface area is 93.6 Å². The lowest BCUT2D eigenvalue weighted by molar-refractivity contribution is 0.642. The van der Waals surface area contributed by atoms with Gasteiger partial charge in [-0.1, -0.05) is 36.4 Å². The van der Waals surface area contributed by atoms with Gasteiger partial charge in [0.2, 0.25) is 0 Å². The molecule has 0 radical (unpaired) electrons. The molecule has 0 amide bonds. The molecule has 1 aliphatic rings. The van der Waals surface area contributed by atoms with Gasteiger partial charge in [-0.05, 0) is 23.8 Å². The summed E-state index contributed by atoms with van der Waals surface area (Å²) in [7, 11) is 2.07. The molecule has 0 bridgehead atoms. The Balaban J connectivity index is 2.69. The summed E-state index contributed by atoms with van der Waals surface area (Å²) in [6.07, 6.45) is 0. The van der Waals surface area contributed by atoms with Crippen molar-refractivity contribution in [3.8, 4) is 0 Å². The van der Waals surface area contributed by atoms with Gasteiger partial charge in [-0.2, -0.15) is 0 Å². The van der Waals surface area contributed by atoms with Crippen LogP contribution in [0.5, 0.6) is 0 Å². The molecule has 0 atom stereocenters. The van der Waals surface area contributed by atoms with Gasteiger partial charge in [0.25, 0.3) is 0 Å². The number of likely N-dealkylation sites (N-methyl/N-ethyl adjacent to an activating group) is 1. The summed E-state index contributed by atoms with van der Waals surface area (Å²) in [5.41, 5.74) is 3.82. The van der Waals surface area contributed by atoms with Crippen LogP contribution in [0.1, 0.15) is 19.4 Å². The molecule has 0 spiro atoms. The number of fused-ring (bicyclic) bond motifs is 1. The summed E-state index contributed by atoms with van der Waals surface area (Å²) in [6, 6.07) is 6.40. The lowest BCUT2D eigenvalue weighted by Gasteiger charge is -2.22. The van der Waals surface area contributed by atoms with Crippen molar-refractivity contribution >= 4 is 21.6 Å². The van der Waals surface area contributed by atoms with Crippen molar-refractivity contribution in [3.63, 3.8) is 0 Å². The molecular weight excluding hydrogens is 238 g/mol. The van der Waals surface area contributed by atoms with Gasteiger partial charge in [-0.25, -0.2) is 0 Å². The topological polar surface area (TPSA) is 3.24 Å². The van der Waals surface area contributed by atoms with Crippen LogP contribution >= 0.6 is 15.9 Å². The molecule has 14 heavy (non-hydrogen) atoms. The molecule has 1 aliphatic heterocycles. The van der Waals surface area contributed by atoms with Crippen LogP contribution in [-0.2, 0) is 5.41 Å². The highest BCUT2D eigenvalue weighted by atomic mass is 79.9. The molecular formula is C12H14BrN. The Morgan fingerprint density at radius 3 is 2.64 bits per heavy atom. The standard InChI is InChI=1S/C12H14BrN/c1-8-12(2,3)10-7-9(13)5-6-11(10)14(8)4/h5-7H,1H2,2-4H3. The van der Waals surface area contributed by atoms with Crippen LogP contribution in [0.25, 0.3) is 0 Å². The van der Waals surface area contributed by atoms with Gasteiger partial charge in [0.1, 0.15) is 0 Å². The van der Waals surface area contributed by atoms with E-state index < -0.39 is 0 Å². The van der Waals surface area contributed by atoms with Gasteiger partial charge in [0.15, 0.2) is 0 Å². The van der Waals surface area contributed by atoms with Crippen molar-refractivity contribution in [3.05, 3.63) is 40.5 Å². The Morgan fingerprint density at radius 1 is 1.36 bits per heavy atom. The molecule has 2 heteroatoms. The maximum Gasteiger partial charge on any atom is 0.0448 e. The second-order valence-corrected chi connectivity index (χ2v) is 5.21. The average Bonchev–Trinajstić information content (AvgIpc) is 2.29. The van der Waals surface area contributed by atoms with E-state index in [-0.39, 0.29) is 5.41 Å². The minimum Gasteiger partial charge on any atom is -0.348 e. The van der Waals surface area contributed by atoms with Crippen LogP contribution in [0.4, 0.5) is 5.69 Å². The Bertz CT molecular complexity index is 407. The molecule has 0 saturated heterocycles. The predicted octanol–water partition coefficient (Wildman–Crippen LogP) is 3.69. The third-order valence-electron chi connectivity index (χ3n) is 3.12. The summed E-state index contributed by atoms with van der Waals surface area (Å²) in [5, 5.41) is 0.